The van der Waals surface area contributed by atoms with Crippen LogP contribution < -0.4 is 15.8 Å². The molecule has 0 atom stereocenters. The number of rotatable bonds is 6. The predicted molar refractivity (Wildman–Crippen MR) is 87.6 cm³/mol. The van der Waals surface area contributed by atoms with Gasteiger partial charge in [-0.25, -0.2) is 12.7 Å². The lowest BCUT2D eigenvalue weighted by molar-refractivity contribution is 0.208. The molecule has 1 aromatic carbocycles. The SMILES string of the molecule is CCS(=O)(=O)N1CC(CN=C(N)Nc2cccc(OC)c2)C1. The average Bonchev–Trinajstić information content (AvgIpc) is 2.45. The van der Waals surface area contributed by atoms with Gasteiger partial charge >= 0.3 is 0 Å². The van der Waals surface area contributed by atoms with Crippen LogP contribution in [0.5, 0.6) is 5.75 Å². The number of nitrogens with two attached hydrogens (primary N) is 1. The van der Waals surface area contributed by atoms with Gasteiger partial charge in [0.05, 0.1) is 12.9 Å². The number of aliphatic imine (C=N–C) groups is 1. The first-order valence-electron chi connectivity index (χ1n) is 7.13. The first-order valence-corrected chi connectivity index (χ1v) is 8.74. The molecular weight excluding hydrogens is 304 g/mol. The van der Waals surface area contributed by atoms with Crippen LogP contribution >= 0.6 is 0 Å². The first kappa shape index (κ1) is 16.6. The van der Waals surface area contributed by atoms with E-state index in [0.29, 0.717) is 25.6 Å². The molecule has 0 amide bonds. The van der Waals surface area contributed by atoms with Gasteiger partial charge in [-0.05, 0) is 19.1 Å². The van der Waals surface area contributed by atoms with Crippen molar-refractivity contribution in [2.24, 2.45) is 16.6 Å². The minimum absolute atomic E-state index is 0.141. The van der Waals surface area contributed by atoms with Crippen molar-refractivity contribution in [1.82, 2.24) is 4.31 Å². The van der Waals surface area contributed by atoms with Crippen LogP contribution in [0.15, 0.2) is 29.3 Å². The summed E-state index contributed by atoms with van der Waals surface area (Å²) in [7, 11) is -1.46. The lowest BCUT2D eigenvalue weighted by atomic mass is 10.0. The van der Waals surface area contributed by atoms with Gasteiger partial charge in [0, 0.05) is 37.3 Å². The molecule has 2 rings (SSSR count). The summed E-state index contributed by atoms with van der Waals surface area (Å²) in [6.45, 7) is 3.20. The van der Waals surface area contributed by atoms with E-state index in [4.69, 9.17) is 10.5 Å². The molecule has 1 aromatic rings. The van der Waals surface area contributed by atoms with Gasteiger partial charge in [-0.2, -0.15) is 0 Å². The maximum Gasteiger partial charge on any atom is 0.213 e. The summed E-state index contributed by atoms with van der Waals surface area (Å²) >= 11 is 0. The van der Waals surface area contributed by atoms with Crippen LogP contribution in [0.2, 0.25) is 0 Å². The molecule has 0 aliphatic carbocycles. The molecule has 8 heteroatoms. The lowest BCUT2D eigenvalue weighted by Gasteiger charge is -2.37. The highest BCUT2D eigenvalue weighted by molar-refractivity contribution is 7.89. The zero-order chi connectivity index (χ0) is 16.2. The highest BCUT2D eigenvalue weighted by Gasteiger charge is 2.34. The minimum atomic E-state index is -3.07. The smallest absolute Gasteiger partial charge is 0.213 e. The number of anilines is 1. The Morgan fingerprint density at radius 1 is 1.50 bits per heavy atom. The topological polar surface area (TPSA) is 97.0 Å². The van der Waals surface area contributed by atoms with Crippen LogP contribution in [0.1, 0.15) is 6.92 Å². The molecule has 0 radical (unpaired) electrons. The van der Waals surface area contributed by atoms with Crippen molar-refractivity contribution < 1.29 is 13.2 Å². The molecule has 0 bridgehead atoms. The molecular formula is C14H22N4O3S. The van der Waals surface area contributed by atoms with Crippen molar-refractivity contribution in [3.63, 3.8) is 0 Å². The van der Waals surface area contributed by atoms with Gasteiger partial charge in [0.25, 0.3) is 0 Å². The van der Waals surface area contributed by atoms with Gasteiger partial charge in [-0.15, -0.1) is 0 Å². The van der Waals surface area contributed by atoms with Crippen molar-refractivity contribution in [1.29, 1.82) is 0 Å². The Kier molecular flexibility index (Phi) is 5.25. The number of methoxy groups -OCH3 is 1. The van der Waals surface area contributed by atoms with Crippen molar-refractivity contribution in [2.45, 2.75) is 6.92 Å². The second-order valence-corrected chi connectivity index (χ2v) is 7.42. The predicted octanol–water partition coefficient (Wildman–Crippen LogP) is 0.703. The van der Waals surface area contributed by atoms with Crippen molar-refractivity contribution >= 4 is 21.7 Å². The number of hydrogen-bond donors (Lipinski definition) is 2. The van der Waals surface area contributed by atoms with E-state index in [-0.39, 0.29) is 11.7 Å². The van der Waals surface area contributed by atoms with Gasteiger partial charge in [-0.3, -0.25) is 4.99 Å². The number of sulfonamides is 1. The van der Waals surface area contributed by atoms with E-state index in [2.05, 4.69) is 10.3 Å². The zero-order valence-corrected chi connectivity index (χ0v) is 13.6. The molecule has 1 fully saturated rings. The number of ether oxygens (including phenoxy) is 1. The van der Waals surface area contributed by atoms with Crippen LogP contribution in [0, 0.1) is 5.92 Å². The van der Waals surface area contributed by atoms with E-state index in [1.807, 2.05) is 24.3 Å². The Bertz CT molecular complexity index is 639. The lowest BCUT2D eigenvalue weighted by Crippen LogP contribution is -2.51. The second kappa shape index (κ2) is 6.97. The molecule has 1 aliphatic rings. The fourth-order valence-electron chi connectivity index (χ4n) is 2.16. The van der Waals surface area contributed by atoms with Gasteiger partial charge in [0.15, 0.2) is 5.96 Å². The third-order valence-corrected chi connectivity index (χ3v) is 5.36. The van der Waals surface area contributed by atoms with E-state index in [0.717, 1.165) is 11.4 Å². The summed E-state index contributed by atoms with van der Waals surface area (Å²) in [6.07, 6.45) is 0. The normalized spacial score (nSPS) is 17.1. The molecule has 0 unspecified atom stereocenters. The van der Waals surface area contributed by atoms with Crippen molar-refractivity contribution in [3.8, 4) is 5.75 Å². The van der Waals surface area contributed by atoms with E-state index in [1.54, 1.807) is 14.0 Å². The Morgan fingerprint density at radius 3 is 2.86 bits per heavy atom. The molecule has 0 spiro atoms. The highest BCUT2D eigenvalue weighted by Crippen LogP contribution is 2.20. The van der Waals surface area contributed by atoms with E-state index in [1.165, 1.54) is 4.31 Å². The number of benzene rings is 1. The Labute approximate surface area is 131 Å². The standard InChI is InChI=1S/C14H22N4O3S/c1-3-22(19,20)18-9-11(10-18)8-16-14(15)17-12-5-4-6-13(7-12)21-2/h4-7,11H,3,8-10H2,1-2H3,(H3,15,16,17). The minimum Gasteiger partial charge on any atom is -0.497 e. The number of nitrogens with one attached hydrogen (secondary N) is 1. The van der Waals surface area contributed by atoms with Crippen molar-refractivity contribution in [3.05, 3.63) is 24.3 Å². The molecule has 3 N–H and O–H groups in total. The largest absolute Gasteiger partial charge is 0.497 e. The molecule has 22 heavy (non-hydrogen) atoms. The molecule has 1 aliphatic heterocycles. The molecule has 122 valence electrons. The van der Waals surface area contributed by atoms with E-state index >= 15 is 0 Å². The number of hydrogen-bond acceptors (Lipinski definition) is 4. The van der Waals surface area contributed by atoms with Crippen LogP contribution in [0.25, 0.3) is 0 Å². The second-order valence-electron chi connectivity index (χ2n) is 5.17. The fraction of sp³-hybridized carbons (Fsp3) is 0.500. The van der Waals surface area contributed by atoms with Gasteiger partial charge < -0.3 is 15.8 Å². The highest BCUT2D eigenvalue weighted by atomic mass is 32.2. The summed E-state index contributed by atoms with van der Waals surface area (Å²) < 4.78 is 29.8. The van der Waals surface area contributed by atoms with Crippen LogP contribution in [-0.2, 0) is 10.0 Å². The van der Waals surface area contributed by atoms with Gasteiger partial charge in [0.2, 0.25) is 10.0 Å². The molecule has 0 saturated carbocycles. The summed E-state index contributed by atoms with van der Waals surface area (Å²) in [6, 6.07) is 7.38. The maximum atomic E-state index is 11.6. The molecule has 1 heterocycles. The number of nitrogens with zero attached hydrogens (tertiary/aromatic N) is 2. The Hall–Kier alpha value is -1.80. The fourth-order valence-corrected chi connectivity index (χ4v) is 3.40. The van der Waals surface area contributed by atoms with Crippen LogP contribution in [-0.4, -0.2) is 51.2 Å². The third kappa shape index (κ3) is 4.11. The molecule has 0 aromatic heterocycles. The summed E-state index contributed by atoms with van der Waals surface area (Å²) in [4.78, 5) is 4.26. The summed E-state index contributed by atoms with van der Waals surface area (Å²) in [5.74, 6) is 1.41. The summed E-state index contributed by atoms with van der Waals surface area (Å²) in [5.41, 5.74) is 6.63. The van der Waals surface area contributed by atoms with Gasteiger partial charge in [0.1, 0.15) is 5.75 Å². The maximum absolute atomic E-state index is 11.6. The van der Waals surface area contributed by atoms with E-state index < -0.39 is 10.0 Å². The molecule has 1 saturated heterocycles. The molecule has 7 nitrogen and oxygen atoms in total. The van der Waals surface area contributed by atoms with Crippen LogP contribution in [0.3, 0.4) is 0 Å². The first-order chi connectivity index (χ1) is 10.4. The van der Waals surface area contributed by atoms with Crippen molar-refractivity contribution in [2.75, 3.05) is 37.8 Å². The Morgan fingerprint density at radius 2 is 2.23 bits per heavy atom. The van der Waals surface area contributed by atoms with Gasteiger partial charge in [-0.1, -0.05) is 6.07 Å². The summed E-state index contributed by atoms with van der Waals surface area (Å²) in [5, 5.41) is 2.99. The average molecular weight is 326 g/mol. The number of guanidine groups is 1. The zero-order valence-electron chi connectivity index (χ0n) is 12.8. The van der Waals surface area contributed by atoms with Crippen LogP contribution in [0.4, 0.5) is 5.69 Å². The quantitative estimate of drug-likeness (QED) is 0.592. The third-order valence-electron chi connectivity index (χ3n) is 3.54. The van der Waals surface area contributed by atoms with E-state index in [9.17, 15) is 8.42 Å². The Balaban J connectivity index is 1.82. The monoisotopic (exact) mass is 326 g/mol.